The van der Waals surface area contributed by atoms with Crippen LogP contribution in [0.4, 0.5) is 20.5 Å². The first-order valence-corrected chi connectivity index (χ1v) is 14.3. The van der Waals surface area contributed by atoms with E-state index in [1.54, 1.807) is 18.2 Å². The second-order valence-corrected chi connectivity index (χ2v) is 11.5. The monoisotopic (exact) mass is 597 g/mol. The third kappa shape index (κ3) is 5.97. The third-order valence-electron chi connectivity index (χ3n) is 6.66. The number of methoxy groups -OCH3 is 1. The molecule has 3 heterocycles. The van der Waals surface area contributed by atoms with Crippen molar-refractivity contribution in [3.63, 3.8) is 0 Å². The number of alkyl halides is 2. The minimum absolute atomic E-state index is 0.0570. The molecule has 2 aromatic heterocycles. The number of rotatable bonds is 12. The lowest BCUT2D eigenvalue weighted by Gasteiger charge is -2.26. The van der Waals surface area contributed by atoms with Crippen LogP contribution in [0.25, 0.3) is 11.2 Å². The van der Waals surface area contributed by atoms with Crippen molar-refractivity contribution in [3.8, 4) is 5.75 Å². The first-order valence-electron chi connectivity index (χ1n) is 12.8. The SMILES string of the molecule is COC(=O)[C@@H](C)NP(=O)(OC[C@H]1O[C@@H](n2cnc3c(NC4CC4)nc(N)nc32)[C@@](F)(CF)[C@@H]1O)Oc1ccccc1. The summed E-state index contributed by atoms with van der Waals surface area (Å²) in [6, 6.07) is 6.99. The molecule has 17 heteroatoms. The predicted octanol–water partition coefficient (Wildman–Crippen LogP) is 2.27. The Morgan fingerprint density at radius 2 is 2.07 bits per heavy atom. The van der Waals surface area contributed by atoms with Crippen LogP contribution in [0.3, 0.4) is 0 Å². The largest absolute Gasteiger partial charge is 0.468 e. The normalized spacial score (nSPS) is 26.4. The van der Waals surface area contributed by atoms with Crippen molar-refractivity contribution in [2.24, 2.45) is 0 Å². The molecule has 222 valence electrons. The number of para-hydroxylation sites is 1. The number of carbonyl (C=O) groups is 1. The maximum atomic E-state index is 16.1. The van der Waals surface area contributed by atoms with E-state index in [4.69, 9.17) is 19.5 Å². The maximum Gasteiger partial charge on any atom is 0.459 e. The average molecular weight is 598 g/mol. The van der Waals surface area contributed by atoms with Crippen LogP contribution >= 0.6 is 7.75 Å². The lowest BCUT2D eigenvalue weighted by molar-refractivity contribution is -0.142. The summed E-state index contributed by atoms with van der Waals surface area (Å²) in [4.78, 5) is 24.5. The van der Waals surface area contributed by atoms with Crippen molar-refractivity contribution in [1.82, 2.24) is 24.6 Å². The third-order valence-corrected chi connectivity index (χ3v) is 8.30. The number of ether oxygens (including phenoxy) is 2. The molecule has 5 rings (SSSR count). The van der Waals surface area contributed by atoms with Gasteiger partial charge in [0.15, 0.2) is 23.2 Å². The number of carbonyl (C=O) groups excluding carboxylic acids is 1. The van der Waals surface area contributed by atoms with E-state index in [1.807, 2.05) is 0 Å². The second-order valence-electron chi connectivity index (χ2n) is 9.78. The Morgan fingerprint density at radius 3 is 2.73 bits per heavy atom. The standard InChI is InChI=1S/C24H30F2N7O7P/c1-13(21(35)37-2)32-41(36,40-15-6-4-3-5-7-15)38-10-16-18(34)24(26,11-25)22(39-16)33-12-28-17-19(29-14-8-9-14)30-23(27)31-20(17)33/h3-7,12-14,16,18,22,34H,8-11H2,1-2H3,(H,32,36)(H3,27,29,30,31)/t13-,16-,18-,22-,24-,41?/m1/s1. The number of benzene rings is 1. The lowest BCUT2D eigenvalue weighted by atomic mass is 9.97. The van der Waals surface area contributed by atoms with E-state index in [0.29, 0.717) is 5.82 Å². The van der Waals surface area contributed by atoms with Crippen molar-refractivity contribution >= 4 is 36.6 Å². The number of imidazole rings is 1. The number of nitrogens with one attached hydrogen (secondary N) is 2. The Kier molecular flexibility index (Phi) is 8.12. The molecule has 6 atom stereocenters. The van der Waals surface area contributed by atoms with Crippen LogP contribution in [0.1, 0.15) is 26.0 Å². The van der Waals surface area contributed by atoms with E-state index in [2.05, 4.69) is 30.1 Å². The van der Waals surface area contributed by atoms with Crippen molar-refractivity contribution in [2.75, 3.05) is 31.4 Å². The Bertz CT molecular complexity index is 1450. The topological polar surface area (TPSA) is 185 Å². The molecule has 1 saturated carbocycles. The molecule has 1 saturated heterocycles. The zero-order valence-electron chi connectivity index (χ0n) is 22.1. The van der Waals surface area contributed by atoms with E-state index in [1.165, 1.54) is 25.4 Å². The van der Waals surface area contributed by atoms with Gasteiger partial charge in [-0.1, -0.05) is 18.2 Å². The van der Waals surface area contributed by atoms with Crippen LogP contribution in [-0.4, -0.2) is 80.9 Å². The first kappa shape index (κ1) is 29.1. The molecule has 0 bridgehead atoms. The van der Waals surface area contributed by atoms with E-state index in [-0.39, 0.29) is 28.9 Å². The molecule has 41 heavy (non-hydrogen) atoms. The van der Waals surface area contributed by atoms with Crippen molar-refractivity contribution < 1.29 is 41.8 Å². The van der Waals surface area contributed by atoms with Gasteiger partial charge in [0.2, 0.25) is 11.6 Å². The number of nitrogens with two attached hydrogens (primary N) is 1. The quantitative estimate of drug-likeness (QED) is 0.176. The molecule has 14 nitrogen and oxygen atoms in total. The number of nitrogens with zero attached hydrogens (tertiary/aromatic N) is 4. The van der Waals surface area contributed by atoms with Crippen LogP contribution in [0, 0.1) is 0 Å². The summed E-state index contributed by atoms with van der Waals surface area (Å²) in [6.07, 6.45) is -2.28. The summed E-state index contributed by atoms with van der Waals surface area (Å²) < 4.78 is 66.5. The molecule has 1 aromatic carbocycles. The Balaban J connectivity index is 1.39. The zero-order valence-corrected chi connectivity index (χ0v) is 23.0. The summed E-state index contributed by atoms with van der Waals surface area (Å²) in [5, 5.41) is 16.4. The molecule has 5 N–H and O–H groups in total. The fraction of sp³-hybridized carbons (Fsp3) is 0.500. The van der Waals surface area contributed by atoms with Crippen LogP contribution in [0.2, 0.25) is 0 Å². The number of hydrogen-bond donors (Lipinski definition) is 4. The number of halogens is 2. The number of aliphatic hydroxyl groups is 1. The molecule has 1 aliphatic carbocycles. The average Bonchev–Trinajstić information content (AvgIpc) is 3.62. The van der Waals surface area contributed by atoms with Crippen LogP contribution in [0.5, 0.6) is 5.75 Å². The highest BCUT2D eigenvalue weighted by atomic mass is 31.2. The molecule has 0 amide bonds. The van der Waals surface area contributed by atoms with E-state index in [9.17, 15) is 18.9 Å². The Labute approximate surface area is 233 Å². The summed E-state index contributed by atoms with van der Waals surface area (Å²) >= 11 is 0. The lowest BCUT2D eigenvalue weighted by Crippen LogP contribution is -2.45. The molecule has 1 aliphatic heterocycles. The predicted molar refractivity (Wildman–Crippen MR) is 141 cm³/mol. The Hall–Kier alpha value is -3.43. The van der Waals surface area contributed by atoms with Gasteiger partial charge >= 0.3 is 13.7 Å². The molecular formula is C24H30F2N7O7P. The van der Waals surface area contributed by atoms with Gasteiger partial charge in [-0.15, -0.1) is 0 Å². The van der Waals surface area contributed by atoms with Gasteiger partial charge in [0.1, 0.15) is 30.7 Å². The van der Waals surface area contributed by atoms with Gasteiger partial charge in [-0.25, -0.2) is 18.3 Å². The molecule has 3 aromatic rings. The van der Waals surface area contributed by atoms with Crippen molar-refractivity contribution in [3.05, 3.63) is 36.7 Å². The Morgan fingerprint density at radius 1 is 1.34 bits per heavy atom. The summed E-state index contributed by atoms with van der Waals surface area (Å²) in [5.74, 6) is -0.420. The van der Waals surface area contributed by atoms with Gasteiger partial charge in [-0.2, -0.15) is 15.1 Å². The number of hydrogen-bond acceptors (Lipinski definition) is 12. The molecular weight excluding hydrogens is 567 g/mol. The maximum absolute atomic E-state index is 16.1. The molecule has 1 unspecified atom stereocenters. The van der Waals surface area contributed by atoms with Gasteiger partial charge in [0.25, 0.3) is 0 Å². The van der Waals surface area contributed by atoms with Crippen LogP contribution in [-0.2, 0) is 23.4 Å². The van der Waals surface area contributed by atoms with E-state index >= 15 is 4.39 Å². The van der Waals surface area contributed by atoms with Gasteiger partial charge < -0.3 is 30.2 Å². The summed E-state index contributed by atoms with van der Waals surface area (Å²) in [6.45, 7) is -0.988. The molecule has 0 spiro atoms. The molecule has 2 aliphatic rings. The highest BCUT2D eigenvalue weighted by molar-refractivity contribution is 7.52. The van der Waals surface area contributed by atoms with Gasteiger partial charge in [-0.3, -0.25) is 13.9 Å². The van der Waals surface area contributed by atoms with E-state index in [0.717, 1.165) is 24.5 Å². The van der Waals surface area contributed by atoms with Crippen LogP contribution in [0.15, 0.2) is 36.7 Å². The fourth-order valence-corrected chi connectivity index (χ4v) is 5.86. The number of aromatic nitrogens is 4. The van der Waals surface area contributed by atoms with Gasteiger partial charge in [0, 0.05) is 6.04 Å². The highest BCUT2D eigenvalue weighted by Crippen LogP contribution is 2.48. The fourth-order valence-electron chi connectivity index (χ4n) is 4.36. The zero-order chi connectivity index (χ0) is 29.4. The second kappa shape index (κ2) is 11.4. The minimum atomic E-state index is -4.36. The number of fused-ring (bicyclic) bond motifs is 1. The number of anilines is 2. The summed E-state index contributed by atoms with van der Waals surface area (Å²) in [5.41, 5.74) is 3.21. The van der Waals surface area contributed by atoms with Crippen molar-refractivity contribution in [1.29, 1.82) is 0 Å². The summed E-state index contributed by atoms with van der Waals surface area (Å²) in [7, 11) is -3.21. The highest BCUT2D eigenvalue weighted by Gasteiger charge is 2.59. The molecule has 0 radical (unpaired) electrons. The van der Waals surface area contributed by atoms with Gasteiger partial charge in [0.05, 0.1) is 20.0 Å². The molecule has 2 fully saturated rings. The van der Waals surface area contributed by atoms with Crippen molar-refractivity contribution in [2.45, 2.75) is 56.0 Å². The minimum Gasteiger partial charge on any atom is -0.468 e. The van der Waals surface area contributed by atoms with Crippen LogP contribution < -0.4 is 20.7 Å². The number of esters is 1. The van der Waals surface area contributed by atoms with Gasteiger partial charge in [-0.05, 0) is 31.9 Å². The number of nitrogen functional groups attached to an aromatic ring is 1. The first-order chi connectivity index (χ1) is 19.6. The van der Waals surface area contributed by atoms with E-state index < -0.39 is 57.1 Å². The number of aliphatic hydroxyl groups excluding tert-OH is 1. The smallest absolute Gasteiger partial charge is 0.459 e.